The minimum Gasteiger partial charge on any atom is -0.383 e. The Morgan fingerprint density at radius 1 is 1.07 bits per heavy atom. The normalized spacial score (nSPS) is 19.1. The molecule has 1 aliphatic carbocycles. The van der Waals surface area contributed by atoms with E-state index in [2.05, 4.69) is 30.6 Å². The number of anilines is 3. The van der Waals surface area contributed by atoms with E-state index in [0.717, 1.165) is 44.9 Å². The number of nitrogens with zero attached hydrogens (tertiary/aromatic N) is 3. The van der Waals surface area contributed by atoms with Gasteiger partial charge in [-0.2, -0.15) is 13.2 Å². The quantitative estimate of drug-likeness (QED) is 0.166. The van der Waals surface area contributed by atoms with Gasteiger partial charge >= 0.3 is 6.18 Å². The third-order valence-electron chi connectivity index (χ3n) is 7.47. The molecule has 1 amide bonds. The van der Waals surface area contributed by atoms with Crippen LogP contribution in [0.3, 0.4) is 0 Å². The van der Waals surface area contributed by atoms with E-state index in [4.69, 9.17) is 0 Å². The highest BCUT2D eigenvalue weighted by atomic mass is 32.1. The van der Waals surface area contributed by atoms with Crippen LogP contribution in [0.25, 0.3) is 21.3 Å². The average Bonchev–Trinajstić information content (AvgIpc) is 3.63. The van der Waals surface area contributed by atoms with Crippen LogP contribution in [0, 0.1) is 12.8 Å². The van der Waals surface area contributed by atoms with E-state index >= 15 is 0 Å². The van der Waals surface area contributed by atoms with Crippen LogP contribution in [0.2, 0.25) is 0 Å². The van der Waals surface area contributed by atoms with Crippen molar-refractivity contribution in [2.24, 2.45) is 5.92 Å². The third-order valence-corrected chi connectivity index (χ3v) is 8.71. The molecule has 6 rings (SSSR count). The summed E-state index contributed by atoms with van der Waals surface area (Å²) in [6.45, 7) is 1.87. The highest BCUT2D eigenvalue weighted by molar-refractivity contribution is 7.15. The molecule has 2 aromatic carbocycles. The van der Waals surface area contributed by atoms with Crippen LogP contribution in [0.5, 0.6) is 0 Å². The van der Waals surface area contributed by atoms with E-state index in [-0.39, 0.29) is 17.8 Å². The number of amides is 1. The van der Waals surface area contributed by atoms with Crippen molar-refractivity contribution in [3.05, 3.63) is 83.4 Å². The Morgan fingerprint density at radius 3 is 2.67 bits per heavy atom. The lowest BCUT2D eigenvalue weighted by molar-refractivity contribution is -0.141. The van der Waals surface area contributed by atoms with Crippen molar-refractivity contribution in [2.75, 3.05) is 10.6 Å². The number of aromatic amines is 1. The topological polar surface area (TPSA) is 116 Å². The number of thiazole rings is 1. The second-order valence-corrected chi connectivity index (χ2v) is 11.6. The van der Waals surface area contributed by atoms with Crippen molar-refractivity contribution in [3.8, 4) is 10.4 Å². The molecule has 12 heteroatoms. The number of hydrogen-bond donors (Lipinski definition) is 4. The summed E-state index contributed by atoms with van der Waals surface area (Å²) < 4.78 is 39.2. The van der Waals surface area contributed by atoms with Crippen LogP contribution < -0.4 is 10.6 Å². The number of carbonyl (C=O) groups excluding carboxylic acids is 1. The van der Waals surface area contributed by atoms with E-state index in [0.29, 0.717) is 36.4 Å². The first-order valence-electron chi connectivity index (χ1n) is 13.4. The molecule has 1 fully saturated rings. The molecule has 8 nitrogen and oxygen atoms in total. The summed E-state index contributed by atoms with van der Waals surface area (Å²) in [5, 5.41) is 18.9. The number of H-pyrrole nitrogens is 1. The van der Waals surface area contributed by atoms with Gasteiger partial charge in [-0.25, -0.2) is 15.0 Å². The van der Waals surface area contributed by atoms with Gasteiger partial charge in [-0.05, 0) is 86.2 Å². The zero-order valence-electron chi connectivity index (χ0n) is 22.5. The molecule has 4 N–H and O–H groups in total. The molecule has 0 saturated heterocycles. The number of fused-ring (bicyclic) bond motifs is 1. The van der Waals surface area contributed by atoms with Crippen molar-refractivity contribution in [1.82, 2.24) is 19.9 Å². The summed E-state index contributed by atoms with van der Waals surface area (Å²) in [5.41, 5.74) is 1.77. The Morgan fingerprint density at radius 2 is 1.88 bits per heavy atom. The first-order valence-corrected chi connectivity index (χ1v) is 14.2. The van der Waals surface area contributed by atoms with Crippen molar-refractivity contribution in [1.29, 1.82) is 0 Å². The second-order valence-electron chi connectivity index (χ2n) is 10.6. The van der Waals surface area contributed by atoms with Crippen LogP contribution in [0.1, 0.15) is 41.9 Å². The summed E-state index contributed by atoms with van der Waals surface area (Å²) in [6.07, 6.45) is 1.89. The predicted molar refractivity (Wildman–Crippen MR) is 155 cm³/mol. The fourth-order valence-corrected chi connectivity index (χ4v) is 6.32. The summed E-state index contributed by atoms with van der Waals surface area (Å²) in [5.74, 6) is -0.432. The molecule has 42 heavy (non-hydrogen) atoms. The molecule has 1 aliphatic rings. The van der Waals surface area contributed by atoms with Crippen LogP contribution in [0.4, 0.5) is 30.5 Å². The molecule has 1 saturated carbocycles. The Kier molecular flexibility index (Phi) is 7.19. The van der Waals surface area contributed by atoms with Gasteiger partial charge in [0.05, 0.1) is 4.88 Å². The second kappa shape index (κ2) is 10.8. The monoisotopic (exact) mass is 592 g/mol. The summed E-state index contributed by atoms with van der Waals surface area (Å²) >= 11 is 1.36. The number of benzene rings is 2. The van der Waals surface area contributed by atoms with Crippen LogP contribution in [-0.4, -0.2) is 30.9 Å². The lowest BCUT2D eigenvalue weighted by atomic mass is 9.78. The Hall–Kier alpha value is -4.29. The highest BCUT2D eigenvalue weighted by Crippen LogP contribution is 2.43. The maximum atomic E-state index is 13.1. The van der Waals surface area contributed by atoms with Gasteiger partial charge in [-0.3, -0.25) is 4.79 Å². The van der Waals surface area contributed by atoms with Gasteiger partial charge in [0.1, 0.15) is 16.3 Å². The standard InChI is InChI=1S/C30H27F3N6O2S/c1-17-12-20(15-22(13-17)38-28-35-11-7-25(39-28)30(31,32)33)24-16-36-27(42-24)29(41)8-4-18(5-9-29)26(40)37-21-2-3-23-19(14-21)6-10-34-23/h2-3,6-7,10-16,18,34,41H,4-5,8-9H2,1H3,(H,37,40)(H,35,38,39). The lowest BCUT2D eigenvalue weighted by Gasteiger charge is -2.33. The van der Waals surface area contributed by atoms with Gasteiger partial charge in [0.25, 0.3) is 0 Å². The number of nitrogens with one attached hydrogen (secondary N) is 3. The Balaban J connectivity index is 1.12. The summed E-state index contributed by atoms with van der Waals surface area (Å²) in [6, 6.07) is 14.0. The number of aryl methyl sites for hydroxylation is 1. The molecule has 0 spiro atoms. The fourth-order valence-electron chi connectivity index (χ4n) is 5.27. The lowest BCUT2D eigenvalue weighted by Crippen LogP contribution is -2.35. The molecular formula is C30H27F3N6O2S. The number of carbonyl (C=O) groups is 1. The molecule has 0 bridgehead atoms. The van der Waals surface area contributed by atoms with Crippen molar-refractivity contribution in [2.45, 2.75) is 44.4 Å². The largest absolute Gasteiger partial charge is 0.433 e. The van der Waals surface area contributed by atoms with Crippen molar-refractivity contribution >= 4 is 45.5 Å². The minimum absolute atomic E-state index is 0.0590. The van der Waals surface area contributed by atoms with Gasteiger partial charge < -0.3 is 20.7 Å². The van der Waals surface area contributed by atoms with Crippen molar-refractivity contribution < 1.29 is 23.1 Å². The van der Waals surface area contributed by atoms with Crippen LogP contribution in [0.15, 0.2) is 67.1 Å². The van der Waals surface area contributed by atoms with E-state index in [1.54, 1.807) is 18.3 Å². The molecule has 0 aliphatic heterocycles. The number of aromatic nitrogens is 4. The maximum Gasteiger partial charge on any atom is 0.433 e. The zero-order valence-corrected chi connectivity index (χ0v) is 23.3. The average molecular weight is 593 g/mol. The zero-order chi connectivity index (χ0) is 29.5. The van der Waals surface area contributed by atoms with Gasteiger partial charge in [0.15, 0.2) is 0 Å². The fraction of sp³-hybridized carbons (Fsp3) is 0.267. The van der Waals surface area contributed by atoms with E-state index in [1.807, 2.05) is 43.5 Å². The van der Waals surface area contributed by atoms with Gasteiger partial charge in [0, 0.05) is 46.8 Å². The molecular weight excluding hydrogens is 565 g/mol. The van der Waals surface area contributed by atoms with Crippen LogP contribution >= 0.6 is 11.3 Å². The highest BCUT2D eigenvalue weighted by Gasteiger charge is 2.39. The molecule has 0 atom stereocenters. The van der Waals surface area contributed by atoms with Crippen LogP contribution in [-0.2, 0) is 16.6 Å². The SMILES string of the molecule is Cc1cc(Nc2nccc(C(F)(F)F)n2)cc(-c2cnc(C3(O)CCC(C(=O)Nc4ccc5[nH]ccc5c4)CC3)s2)c1. The Bertz CT molecular complexity index is 1760. The molecule has 0 radical (unpaired) electrons. The van der Waals surface area contributed by atoms with Gasteiger partial charge in [-0.1, -0.05) is 6.07 Å². The van der Waals surface area contributed by atoms with Gasteiger partial charge in [-0.15, -0.1) is 11.3 Å². The van der Waals surface area contributed by atoms with Gasteiger partial charge in [0.2, 0.25) is 11.9 Å². The first kappa shape index (κ1) is 27.9. The number of halogens is 3. The summed E-state index contributed by atoms with van der Waals surface area (Å²) in [7, 11) is 0. The Labute approximate surface area is 243 Å². The van der Waals surface area contributed by atoms with Crippen molar-refractivity contribution in [3.63, 3.8) is 0 Å². The third kappa shape index (κ3) is 5.86. The molecule has 3 heterocycles. The van der Waals surface area contributed by atoms with E-state index in [1.165, 1.54) is 11.3 Å². The number of rotatable bonds is 6. The minimum atomic E-state index is -4.57. The number of aliphatic hydroxyl groups is 1. The summed E-state index contributed by atoms with van der Waals surface area (Å²) in [4.78, 5) is 28.9. The number of alkyl halides is 3. The molecule has 0 unspecified atom stereocenters. The van der Waals surface area contributed by atoms with E-state index in [9.17, 15) is 23.1 Å². The number of hydrogen-bond acceptors (Lipinski definition) is 7. The first-order chi connectivity index (χ1) is 20.1. The maximum absolute atomic E-state index is 13.1. The molecule has 5 aromatic rings. The smallest absolute Gasteiger partial charge is 0.383 e. The molecule has 216 valence electrons. The van der Waals surface area contributed by atoms with E-state index < -0.39 is 17.5 Å². The molecule has 3 aromatic heterocycles. The predicted octanol–water partition coefficient (Wildman–Crippen LogP) is 7.17.